The van der Waals surface area contributed by atoms with Crippen molar-refractivity contribution >= 4 is 60.4 Å². The summed E-state index contributed by atoms with van der Waals surface area (Å²) in [7, 11) is 0. The van der Waals surface area contributed by atoms with Crippen LogP contribution in [0, 0.1) is 0 Å². The summed E-state index contributed by atoms with van der Waals surface area (Å²) in [6.45, 7) is 0. The fraction of sp³-hybridized carbons (Fsp3) is 0. The molecule has 0 N–H and O–H groups in total. The van der Waals surface area contributed by atoms with Crippen LogP contribution in [-0.2, 0) is 0 Å². The normalized spacial score (nSPS) is 11.5. The van der Waals surface area contributed by atoms with Gasteiger partial charge in [0, 0.05) is 33.5 Å². The smallest absolute Gasteiger partial charge is 0.0542 e. The number of benzene rings is 9. The van der Waals surface area contributed by atoms with E-state index in [0.29, 0.717) is 0 Å². The van der Waals surface area contributed by atoms with E-state index in [1.54, 1.807) is 0 Å². The maximum Gasteiger partial charge on any atom is 0.0542 e. The zero-order valence-corrected chi connectivity index (χ0v) is 28.5. The minimum absolute atomic E-state index is 1.12. The molecule has 2 heteroatoms. The Bertz CT molecular complexity index is 2890. The number of para-hydroxylation sites is 3. The molecule has 0 aliphatic rings. The molecule has 0 amide bonds. The van der Waals surface area contributed by atoms with Crippen LogP contribution in [0.15, 0.2) is 206 Å². The van der Waals surface area contributed by atoms with Gasteiger partial charge in [-0.1, -0.05) is 127 Å². The number of aromatic nitrogens is 1. The molecule has 10 rings (SSSR count). The molecular formula is C50H34N2. The molecule has 0 spiro atoms. The van der Waals surface area contributed by atoms with Crippen molar-refractivity contribution in [2.24, 2.45) is 0 Å². The number of hydrogen-bond donors (Lipinski definition) is 0. The van der Waals surface area contributed by atoms with Gasteiger partial charge in [0.25, 0.3) is 0 Å². The second kappa shape index (κ2) is 12.5. The highest BCUT2D eigenvalue weighted by atomic mass is 15.1. The van der Waals surface area contributed by atoms with Gasteiger partial charge in [0.15, 0.2) is 0 Å². The van der Waals surface area contributed by atoms with Gasteiger partial charge in [-0.25, -0.2) is 0 Å². The van der Waals surface area contributed by atoms with Crippen LogP contribution in [0.4, 0.5) is 17.1 Å². The number of nitrogens with zero attached hydrogens (tertiary/aromatic N) is 2. The summed E-state index contributed by atoms with van der Waals surface area (Å²) in [6.07, 6.45) is 0. The van der Waals surface area contributed by atoms with E-state index in [1.165, 1.54) is 65.6 Å². The predicted molar refractivity (Wildman–Crippen MR) is 221 cm³/mol. The Labute approximate surface area is 303 Å². The van der Waals surface area contributed by atoms with E-state index < -0.39 is 0 Å². The predicted octanol–water partition coefficient (Wildman–Crippen LogP) is 13.9. The zero-order chi connectivity index (χ0) is 34.4. The molecule has 9 aromatic carbocycles. The summed E-state index contributed by atoms with van der Waals surface area (Å²) in [6, 6.07) is 74.7. The maximum atomic E-state index is 2.38. The zero-order valence-electron chi connectivity index (χ0n) is 28.5. The SMILES string of the molecule is c1ccc(-c2ccc3cc(-c4ccc5ccc(N(c6ccccc6)c6ccc7c(c6)c6ccccc6n7-c6ccccc6)cc5c4)ccc3c2)cc1. The fourth-order valence-electron chi connectivity index (χ4n) is 7.77. The van der Waals surface area contributed by atoms with Gasteiger partial charge in [-0.15, -0.1) is 0 Å². The van der Waals surface area contributed by atoms with Crippen molar-refractivity contribution in [3.63, 3.8) is 0 Å². The number of rotatable bonds is 6. The van der Waals surface area contributed by atoms with Crippen LogP contribution >= 0.6 is 0 Å². The molecule has 244 valence electrons. The van der Waals surface area contributed by atoms with Crippen molar-refractivity contribution in [3.8, 4) is 27.9 Å². The molecule has 0 radical (unpaired) electrons. The second-order valence-electron chi connectivity index (χ2n) is 13.4. The summed E-state index contributed by atoms with van der Waals surface area (Å²) in [5, 5.41) is 7.38. The van der Waals surface area contributed by atoms with Crippen LogP contribution in [0.25, 0.3) is 71.3 Å². The lowest BCUT2D eigenvalue weighted by Crippen LogP contribution is -2.09. The molecular weight excluding hydrogens is 629 g/mol. The highest BCUT2D eigenvalue weighted by Gasteiger charge is 2.17. The topological polar surface area (TPSA) is 8.17 Å². The first kappa shape index (κ1) is 30.0. The molecule has 0 atom stereocenters. The molecule has 0 unspecified atom stereocenters. The summed E-state index contributed by atoms with van der Waals surface area (Å²) in [4.78, 5) is 2.38. The first-order valence-electron chi connectivity index (χ1n) is 17.8. The van der Waals surface area contributed by atoms with Crippen LogP contribution in [0.5, 0.6) is 0 Å². The van der Waals surface area contributed by atoms with Crippen molar-refractivity contribution in [1.29, 1.82) is 0 Å². The van der Waals surface area contributed by atoms with Crippen LogP contribution in [-0.4, -0.2) is 4.57 Å². The number of fused-ring (bicyclic) bond motifs is 5. The highest BCUT2D eigenvalue weighted by molar-refractivity contribution is 6.11. The third-order valence-electron chi connectivity index (χ3n) is 10.3. The van der Waals surface area contributed by atoms with E-state index in [1.807, 2.05) is 0 Å². The standard InChI is InChI=1S/C50H34N2/c1-4-12-35(13-5-1)37-22-23-39-31-40(25-24-38(39)30-37)41-21-20-36-26-27-45(33-42(36)32-41)51(43-14-6-2-7-15-43)46-28-29-50-48(34-46)47-18-10-11-19-49(47)52(50)44-16-8-3-9-17-44/h1-34H. The van der Waals surface area contributed by atoms with Crippen LogP contribution in [0.3, 0.4) is 0 Å². The van der Waals surface area contributed by atoms with Crippen molar-refractivity contribution in [2.45, 2.75) is 0 Å². The Kier molecular flexibility index (Phi) is 7.18. The molecule has 0 aliphatic heterocycles. The monoisotopic (exact) mass is 662 g/mol. The average molecular weight is 663 g/mol. The van der Waals surface area contributed by atoms with E-state index in [2.05, 4.69) is 216 Å². The summed E-state index contributed by atoms with van der Waals surface area (Å²) in [5.74, 6) is 0. The molecule has 2 nitrogen and oxygen atoms in total. The Morgan fingerprint density at radius 1 is 0.288 bits per heavy atom. The molecule has 0 fully saturated rings. The van der Waals surface area contributed by atoms with Gasteiger partial charge in [0.1, 0.15) is 0 Å². The molecule has 0 aliphatic carbocycles. The first-order valence-corrected chi connectivity index (χ1v) is 17.8. The first-order chi connectivity index (χ1) is 25.8. The third-order valence-corrected chi connectivity index (χ3v) is 10.3. The van der Waals surface area contributed by atoms with Crippen LogP contribution < -0.4 is 4.90 Å². The van der Waals surface area contributed by atoms with E-state index >= 15 is 0 Å². The largest absolute Gasteiger partial charge is 0.310 e. The van der Waals surface area contributed by atoms with Gasteiger partial charge in [0.2, 0.25) is 0 Å². The van der Waals surface area contributed by atoms with Gasteiger partial charge in [-0.05, 0) is 123 Å². The average Bonchev–Trinajstić information content (AvgIpc) is 3.55. The van der Waals surface area contributed by atoms with Crippen LogP contribution in [0.2, 0.25) is 0 Å². The van der Waals surface area contributed by atoms with E-state index in [4.69, 9.17) is 0 Å². The summed E-state index contributed by atoms with van der Waals surface area (Å²) >= 11 is 0. The number of hydrogen-bond acceptors (Lipinski definition) is 1. The van der Waals surface area contributed by atoms with Gasteiger partial charge in [-0.2, -0.15) is 0 Å². The van der Waals surface area contributed by atoms with Crippen LogP contribution in [0.1, 0.15) is 0 Å². The van der Waals surface area contributed by atoms with Crippen molar-refractivity contribution < 1.29 is 0 Å². The highest BCUT2D eigenvalue weighted by Crippen LogP contribution is 2.41. The fourth-order valence-corrected chi connectivity index (χ4v) is 7.77. The lowest BCUT2D eigenvalue weighted by atomic mass is 9.96. The van der Waals surface area contributed by atoms with Crippen molar-refractivity contribution in [1.82, 2.24) is 4.57 Å². The molecule has 0 saturated heterocycles. The van der Waals surface area contributed by atoms with Gasteiger partial charge < -0.3 is 9.47 Å². The minimum Gasteiger partial charge on any atom is -0.310 e. The summed E-state index contributed by atoms with van der Waals surface area (Å²) in [5.41, 5.74) is 11.8. The maximum absolute atomic E-state index is 2.38. The molecule has 0 bridgehead atoms. The summed E-state index contributed by atoms with van der Waals surface area (Å²) < 4.78 is 2.37. The lowest BCUT2D eigenvalue weighted by molar-refractivity contribution is 1.18. The Morgan fingerprint density at radius 2 is 0.808 bits per heavy atom. The number of anilines is 3. The molecule has 1 heterocycles. The van der Waals surface area contributed by atoms with Gasteiger partial charge in [0.05, 0.1) is 11.0 Å². The lowest BCUT2D eigenvalue weighted by Gasteiger charge is -2.26. The van der Waals surface area contributed by atoms with Crippen molar-refractivity contribution in [2.75, 3.05) is 4.90 Å². The molecule has 10 aromatic rings. The Hall–Kier alpha value is -6.90. The molecule has 0 saturated carbocycles. The Morgan fingerprint density at radius 3 is 1.54 bits per heavy atom. The van der Waals surface area contributed by atoms with E-state index in [-0.39, 0.29) is 0 Å². The minimum atomic E-state index is 1.12. The third kappa shape index (κ3) is 5.21. The molecule has 1 aromatic heterocycles. The van der Waals surface area contributed by atoms with Gasteiger partial charge >= 0.3 is 0 Å². The van der Waals surface area contributed by atoms with E-state index in [0.717, 1.165) is 22.7 Å². The quantitative estimate of drug-likeness (QED) is 0.172. The van der Waals surface area contributed by atoms with E-state index in [9.17, 15) is 0 Å². The van der Waals surface area contributed by atoms with Gasteiger partial charge in [-0.3, -0.25) is 0 Å². The molecule has 52 heavy (non-hydrogen) atoms. The van der Waals surface area contributed by atoms with Crippen molar-refractivity contribution in [3.05, 3.63) is 206 Å². The second-order valence-corrected chi connectivity index (χ2v) is 13.4. The Balaban J connectivity index is 1.08.